The zero-order chi connectivity index (χ0) is 45.3. The van der Waals surface area contributed by atoms with Crippen molar-refractivity contribution in [3.05, 3.63) is 24.3 Å². The van der Waals surface area contributed by atoms with Gasteiger partial charge < -0.3 is 24.1 Å². The zero-order valence-corrected chi connectivity index (χ0v) is 43.7. The lowest BCUT2D eigenvalue weighted by atomic mass is 10.1. The van der Waals surface area contributed by atoms with Crippen molar-refractivity contribution >= 4 is 28.6 Å². The summed E-state index contributed by atoms with van der Waals surface area (Å²) >= 11 is 0. The van der Waals surface area contributed by atoms with Gasteiger partial charge in [-0.1, -0.05) is 144 Å². The van der Waals surface area contributed by atoms with Crippen LogP contribution in [0.5, 0.6) is 0 Å². The molecule has 2 N–H and O–H groups in total. The fraction of sp³-hybridized carbons (Fsp3) is 0.880. The maximum atomic E-state index is 12.5. The lowest BCUT2D eigenvalue weighted by Crippen LogP contribution is -2.50. The van der Waals surface area contributed by atoms with E-state index in [1.807, 2.05) is 12.2 Å². The molecule has 0 amide bonds. The summed E-state index contributed by atoms with van der Waals surface area (Å²) in [5, 5.41) is 0.211. The molecule has 0 rings (SSSR count). The van der Waals surface area contributed by atoms with Gasteiger partial charge in [0.1, 0.15) is 13.2 Å². The molecule has 2 unspecified atom stereocenters. The van der Waals surface area contributed by atoms with Gasteiger partial charge >= 0.3 is 11.9 Å². The second-order valence-corrected chi connectivity index (χ2v) is 30.0. The van der Waals surface area contributed by atoms with Gasteiger partial charge in [-0.15, -0.1) is 0 Å². The number of nitrogens with zero attached hydrogens (tertiary/aromatic N) is 1. The third-order valence-corrected chi connectivity index (χ3v) is 21.7. The normalized spacial score (nSPS) is 14.1. The van der Waals surface area contributed by atoms with Crippen molar-refractivity contribution < 1.29 is 27.9 Å². The van der Waals surface area contributed by atoms with Gasteiger partial charge in [-0.2, -0.15) is 0 Å². The molecule has 0 saturated carbocycles. The van der Waals surface area contributed by atoms with E-state index in [0.29, 0.717) is 32.6 Å². The molecule has 0 bridgehead atoms. The molecule has 0 saturated heterocycles. The van der Waals surface area contributed by atoms with Crippen LogP contribution < -0.4 is 5.73 Å². The third kappa shape index (κ3) is 30.7. The molecule has 0 spiro atoms. The Morgan fingerprint density at radius 3 is 1.32 bits per heavy atom. The minimum Gasteiger partial charge on any atom is -0.461 e. The van der Waals surface area contributed by atoms with Crippen LogP contribution >= 0.6 is 0 Å². The van der Waals surface area contributed by atoms with Crippen LogP contribution in [0.3, 0.4) is 0 Å². The van der Waals surface area contributed by atoms with Crippen LogP contribution in [0, 0.1) is 0 Å². The largest absolute Gasteiger partial charge is 0.461 e. The molecule has 354 valence electrons. The van der Waals surface area contributed by atoms with Crippen LogP contribution in [-0.2, 0) is 27.9 Å². The fourth-order valence-corrected chi connectivity index (χ4v) is 9.45. The van der Waals surface area contributed by atoms with Crippen LogP contribution in [-0.4, -0.2) is 85.1 Å². The predicted octanol–water partition coefficient (Wildman–Crippen LogP) is 13.8. The molecule has 0 radical (unpaired) electrons. The van der Waals surface area contributed by atoms with Gasteiger partial charge in [0, 0.05) is 25.9 Å². The van der Waals surface area contributed by atoms with E-state index in [0.717, 1.165) is 96.7 Å². The number of hydrogen-bond donors (Lipinski definition) is 1. The lowest BCUT2D eigenvalue weighted by Gasteiger charge is -2.42. The third-order valence-electron chi connectivity index (χ3n) is 12.7. The SMILES string of the molecule is CCCCCC/C=C\COC(=O)CCCCCC(CN(CCCCN)CC(CCCCCC(=O)OC/C=C\CCCCCC)O[Si](C)(C)C(C)(C)C)O[Si](C)(C)C(C)(C)C. The lowest BCUT2D eigenvalue weighted by molar-refractivity contribution is -0.143. The molecule has 8 nitrogen and oxygen atoms in total. The maximum Gasteiger partial charge on any atom is 0.306 e. The number of ether oxygens (including phenoxy) is 2. The van der Waals surface area contributed by atoms with Gasteiger partial charge in [0.25, 0.3) is 0 Å². The first-order valence-electron chi connectivity index (χ1n) is 24.7. The highest BCUT2D eigenvalue weighted by Gasteiger charge is 2.41. The molecule has 60 heavy (non-hydrogen) atoms. The minimum absolute atomic E-state index is 0.102. The summed E-state index contributed by atoms with van der Waals surface area (Å²) in [6.45, 7) is 31.9. The number of nitrogens with two attached hydrogens (primary N) is 1. The molecule has 2 atom stereocenters. The highest BCUT2D eigenvalue weighted by atomic mass is 28.4. The molecule has 0 aliphatic heterocycles. The van der Waals surface area contributed by atoms with Crippen molar-refractivity contribution in [2.75, 3.05) is 39.4 Å². The number of carbonyl (C=O) groups is 2. The van der Waals surface area contributed by atoms with E-state index in [4.69, 9.17) is 24.1 Å². The van der Waals surface area contributed by atoms with Crippen LogP contribution in [0.25, 0.3) is 0 Å². The van der Waals surface area contributed by atoms with Crippen LogP contribution in [0.15, 0.2) is 24.3 Å². The summed E-state index contributed by atoms with van der Waals surface area (Å²) in [6.07, 6.45) is 31.1. The van der Waals surface area contributed by atoms with Crippen LogP contribution in [0.1, 0.15) is 197 Å². The molecule has 0 aromatic heterocycles. The Labute approximate surface area is 374 Å². The highest BCUT2D eigenvalue weighted by Crippen LogP contribution is 2.39. The quantitative estimate of drug-likeness (QED) is 0.0283. The first-order valence-corrected chi connectivity index (χ1v) is 30.5. The smallest absolute Gasteiger partial charge is 0.306 e. The van der Waals surface area contributed by atoms with E-state index in [2.05, 4.69) is 98.6 Å². The first kappa shape index (κ1) is 58.7. The monoisotopic (exact) mass is 881 g/mol. The van der Waals surface area contributed by atoms with Crippen molar-refractivity contribution in [1.82, 2.24) is 4.90 Å². The zero-order valence-electron chi connectivity index (χ0n) is 41.7. The summed E-state index contributed by atoms with van der Waals surface area (Å²) in [4.78, 5) is 27.5. The Kier molecular flexibility index (Phi) is 33.4. The molecule has 0 fully saturated rings. The van der Waals surface area contributed by atoms with Gasteiger partial charge in [0.15, 0.2) is 16.6 Å². The molecular formula is C50H100N2O6Si2. The number of esters is 2. The van der Waals surface area contributed by atoms with E-state index in [-0.39, 0.29) is 34.2 Å². The summed E-state index contributed by atoms with van der Waals surface area (Å²) in [6, 6.07) is 0. The van der Waals surface area contributed by atoms with Crippen molar-refractivity contribution in [2.24, 2.45) is 5.73 Å². The summed E-state index contributed by atoms with van der Waals surface area (Å²) in [7, 11) is -4.09. The Morgan fingerprint density at radius 1 is 0.550 bits per heavy atom. The molecular weight excluding hydrogens is 781 g/mol. The second-order valence-electron chi connectivity index (χ2n) is 20.5. The average molecular weight is 882 g/mol. The van der Waals surface area contributed by atoms with E-state index < -0.39 is 16.6 Å². The van der Waals surface area contributed by atoms with Crippen molar-refractivity contribution in [3.8, 4) is 0 Å². The fourth-order valence-electron chi connectivity index (χ4n) is 6.69. The average Bonchev–Trinajstić information content (AvgIpc) is 3.15. The highest BCUT2D eigenvalue weighted by molar-refractivity contribution is 6.74. The summed E-state index contributed by atoms with van der Waals surface area (Å²) in [5.41, 5.74) is 6.00. The molecule has 0 aliphatic rings. The van der Waals surface area contributed by atoms with Crippen molar-refractivity contribution in [3.63, 3.8) is 0 Å². The Morgan fingerprint density at radius 2 is 0.950 bits per heavy atom. The number of rotatable bonds is 38. The van der Waals surface area contributed by atoms with Gasteiger partial charge in [-0.25, -0.2) is 0 Å². The second kappa shape index (κ2) is 34.1. The molecule has 0 aromatic rings. The number of hydrogen-bond acceptors (Lipinski definition) is 8. The van der Waals surface area contributed by atoms with Gasteiger partial charge in [0.2, 0.25) is 0 Å². The topological polar surface area (TPSA) is 100 Å². The van der Waals surface area contributed by atoms with Gasteiger partial charge in [-0.05, 0) is 114 Å². The van der Waals surface area contributed by atoms with Gasteiger partial charge in [-0.3, -0.25) is 14.5 Å². The number of carbonyl (C=O) groups excluding carboxylic acids is 2. The van der Waals surface area contributed by atoms with Crippen molar-refractivity contribution in [1.29, 1.82) is 0 Å². The molecule has 0 aromatic carbocycles. The van der Waals surface area contributed by atoms with Crippen LogP contribution in [0.4, 0.5) is 0 Å². The van der Waals surface area contributed by atoms with E-state index >= 15 is 0 Å². The molecule has 0 heterocycles. The Hall–Kier alpha value is -1.31. The van der Waals surface area contributed by atoms with Gasteiger partial charge in [0.05, 0.1) is 12.2 Å². The standard InChI is InChI=1S/C50H100N2O6Si2/c1-13-15-17-19-21-23-33-41-55-47(53)37-29-25-27-35-45(57-59(9,10)49(3,4)5)43-52(40-32-31-39-51)44-46(58-60(11,12)50(6,7)8)36-28-26-30-38-48(54)56-42-34-24-22-20-18-16-14-2/h23-24,33-34,45-46H,13-22,25-32,35-44,51H2,1-12H3/b33-23-,34-24-. The van der Waals surface area contributed by atoms with E-state index in [1.165, 1.54) is 51.4 Å². The Bertz CT molecular complexity index is 1050. The minimum atomic E-state index is -2.05. The molecule has 0 aliphatic carbocycles. The number of allylic oxidation sites excluding steroid dienone is 2. The summed E-state index contributed by atoms with van der Waals surface area (Å²) in [5.74, 6) is -0.204. The van der Waals surface area contributed by atoms with Crippen LogP contribution in [0.2, 0.25) is 36.3 Å². The van der Waals surface area contributed by atoms with Crippen molar-refractivity contribution in [2.45, 2.75) is 245 Å². The van der Waals surface area contributed by atoms with E-state index in [1.54, 1.807) is 0 Å². The summed E-state index contributed by atoms with van der Waals surface area (Å²) < 4.78 is 25.4. The van der Waals surface area contributed by atoms with E-state index in [9.17, 15) is 9.59 Å². The molecule has 10 heteroatoms. The maximum absolute atomic E-state index is 12.5. The predicted molar refractivity (Wildman–Crippen MR) is 263 cm³/mol. The number of unbranched alkanes of at least 4 members (excludes halogenated alkanes) is 13. The Balaban J connectivity index is 5.57. The first-order chi connectivity index (χ1) is 28.3.